The van der Waals surface area contributed by atoms with Crippen LogP contribution in [0.15, 0.2) is 0 Å². The molecule has 4 heteroatoms. The summed E-state index contributed by atoms with van der Waals surface area (Å²) in [5, 5.41) is 17.2. The molecule has 4 nitrogen and oxygen atoms in total. The van der Waals surface area contributed by atoms with Crippen LogP contribution < -0.4 is 0 Å². The van der Waals surface area contributed by atoms with Crippen molar-refractivity contribution in [2.45, 2.75) is 26.4 Å². The van der Waals surface area contributed by atoms with Crippen LogP contribution >= 0.6 is 0 Å². The van der Waals surface area contributed by atoms with Gasteiger partial charge < -0.3 is 10.2 Å². The van der Waals surface area contributed by atoms with E-state index in [1.54, 1.807) is 13.8 Å². The van der Waals surface area contributed by atoms with Crippen LogP contribution in [-0.4, -0.2) is 34.5 Å². The normalized spacial score (nSPS) is 13.1. The first-order chi connectivity index (χ1) is 5.49. The van der Waals surface area contributed by atoms with E-state index in [2.05, 4.69) is 0 Å². The Labute approximate surface area is 71.2 Å². The van der Waals surface area contributed by atoms with E-state index in [9.17, 15) is 9.59 Å². The van der Waals surface area contributed by atoms with Gasteiger partial charge in [0.25, 0.3) is 0 Å². The zero-order chi connectivity index (χ0) is 9.72. The zero-order valence-electron chi connectivity index (χ0n) is 7.28. The molecule has 0 aromatic carbocycles. The number of hydrogen-bond donors (Lipinski definition) is 2. The van der Waals surface area contributed by atoms with E-state index in [4.69, 9.17) is 10.2 Å². The van der Waals surface area contributed by atoms with Gasteiger partial charge in [-0.3, -0.25) is 9.59 Å². The lowest BCUT2D eigenvalue weighted by atomic mass is 10.0. The summed E-state index contributed by atoms with van der Waals surface area (Å²) in [6.45, 7) is 2.91. The molecule has 0 aliphatic heterocycles. The minimum atomic E-state index is -1.55. The molecule has 1 atom stereocenters. The first-order valence-electron chi connectivity index (χ1n) is 3.85. The third-order valence-corrected chi connectivity index (χ3v) is 1.34. The summed E-state index contributed by atoms with van der Waals surface area (Å²) in [6, 6.07) is 0. The van der Waals surface area contributed by atoms with Crippen molar-refractivity contribution in [3.05, 3.63) is 0 Å². The molecule has 0 radical (unpaired) electrons. The van der Waals surface area contributed by atoms with Crippen LogP contribution in [0, 0.1) is 5.92 Å². The number of carbonyl (C=O) groups is 2. The van der Waals surface area contributed by atoms with Crippen molar-refractivity contribution in [1.29, 1.82) is 0 Å². The minimum absolute atomic E-state index is 0.0901. The zero-order valence-corrected chi connectivity index (χ0v) is 7.28. The molecule has 1 unspecified atom stereocenters. The van der Waals surface area contributed by atoms with E-state index < -0.39 is 24.3 Å². The molecule has 0 amide bonds. The maximum atomic E-state index is 10.9. The Morgan fingerprint density at radius 3 is 2.17 bits per heavy atom. The van der Waals surface area contributed by atoms with Gasteiger partial charge in [-0.15, -0.1) is 0 Å². The smallest absolute Gasteiger partial charge is 0.229 e. The molecule has 0 saturated carbocycles. The Morgan fingerprint density at radius 1 is 1.33 bits per heavy atom. The molecule has 0 aliphatic carbocycles. The Hall–Kier alpha value is -0.740. The molecule has 70 valence electrons. The lowest BCUT2D eigenvalue weighted by Gasteiger charge is -2.06. The Balaban J connectivity index is 4.02. The largest absolute Gasteiger partial charge is 0.393 e. The summed E-state index contributed by atoms with van der Waals surface area (Å²) in [7, 11) is 0. The lowest BCUT2D eigenvalue weighted by Crippen LogP contribution is -2.31. The standard InChI is InChI=1S/C8H14O4/c1-5(2)3-6(10)8(12)7(11)4-9/h5,7,9,11H,3-4H2,1-2H3. The number of hydrogen-bond acceptors (Lipinski definition) is 4. The molecule has 0 heterocycles. The second kappa shape index (κ2) is 5.00. The van der Waals surface area contributed by atoms with Crippen LogP contribution in [0.5, 0.6) is 0 Å². The molecule has 0 saturated heterocycles. The van der Waals surface area contributed by atoms with Crippen molar-refractivity contribution in [3.8, 4) is 0 Å². The van der Waals surface area contributed by atoms with Crippen molar-refractivity contribution in [1.82, 2.24) is 0 Å². The number of aliphatic hydroxyl groups excluding tert-OH is 2. The van der Waals surface area contributed by atoms with Crippen LogP contribution in [-0.2, 0) is 9.59 Å². The van der Waals surface area contributed by atoms with Gasteiger partial charge >= 0.3 is 0 Å². The predicted molar refractivity (Wildman–Crippen MR) is 42.6 cm³/mol. The molecular weight excluding hydrogens is 160 g/mol. The summed E-state index contributed by atoms with van der Waals surface area (Å²) in [5.74, 6) is -1.43. The van der Waals surface area contributed by atoms with E-state index in [1.807, 2.05) is 0 Å². The van der Waals surface area contributed by atoms with E-state index >= 15 is 0 Å². The van der Waals surface area contributed by atoms with Crippen LogP contribution in [0.1, 0.15) is 20.3 Å². The average Bonchev–Trinajstić information content (AvgIpc) is 2.00. The Kier molecular flexibility index (Phi) is 4.70. The molecule has 0 rings (SSSR count). The molecule has 0 aromatic rings. The number of rotatable bonds is 5. The molecule has 2 N–H and O–H groups in total. The van der Waals surface area contributed by atoms with Gasteiger partial charge in [-0.1, -0.05) is 13.8 Å². The number of carbonyl (C=O) groups excluding carboxylic acids is 2. The van der Waals surface area contributed by atoms with Crippen LogP contribution in [0.3, 0.4) is 0 Å². The van der Waals surface area contributed by atoms with E-state index in [-0.39, 0.29) is 12.3 Å². The highest BCUT2D eigenvalue weighted by Crippen LogP contribution is 2.02. The topological polar surface area (TPSA) is 74.6 Å². The SMILES string of the molecule is CC(C)CC(=O)C(=O)C(O)CO. The quantitative estimate of drug-likeness (QED) is 0.552. The van der Waals surface area contributed by atoms with Gasteiger partial charge in [-0.25, -0.2) is 0 Å². The fraction of sp³-hybridized carbons (Fsp3) is 0.750. The van der Waals surface area contributed by atoms with Crippen molar-refractivity contribution >= 4 is 11.6 Å². The summed E-state index contributed by atoms with van der Waals surface area (Å²) in [5.41, 5.74) is 0. The molecule has 0 fully saturated rings. The number of ketones is 2. The Morgan fingerprint density at radius 2 is 1.83 bits per heavy atom. The van der Waals surface area contributed by atoms with Crippen LogP contribution in [0.2, 0.25) is 0 Å². The molecule has 0 bridgehead atoms. The number of Topliss-reactive ketones (excluding diaryl/α,β-unsaturated/α-hetero) is 2. The van der Waals surface area contributed by atoms with Gasteiger partial charge in [0, 0.05) is 6.42 Å². The molecule has 0 aliphatic rings. The summed E-state index contributed by atoms with van der Waals surface area (Å²) >= 11 is 0. The minimum Gasteiger partial charge on any atom is -0.393 e. The van der Waals surface area contributed by atoms with Crippen LogP contribution in [0.4, 0.5) is 0 Å². The van der Waals surface area contributed by atoms with E-state index in [0.717, 1.165) is 0 Å². The first-order valence-corrected chi connectivity index (χ1v) is 3.85. The highest BCUT2D eigenvalue weighted by molar-refractivity contribution is 6.38. The van der Waals surface area contributed by atoms with E-state index in [1.165, 1.54) is 0 Å². The van der Waals surface area contributed by atoms with Gasteiger partial charge in [0.1, 0.15) is 6.10 Å². The molecule has 12 heavy (non-hydrogen) atoms. The predicted octanol–water partition coefficient (Wildman–Crippen LogP) is -0.476. The number of aliphatic hydroxyl groups is 2. The van der Waals surface area contributed by atoms with Crippen molar-refractivity contribution in [2.24, 2.45) is 5.92 Å². The summed E-state index contributed by atoms with van der Waals surface area (Å²) < 4.78 is 0. The summed E-state index contributed by atoms with van der Waals surface area (Å²) in [4.78, 5) is 21.8. The monoisotopic (exact) mass is 174 g/mol. The maximum Gasteiger partial charge on any atom is 0.229 e. The van der Waals surface area contributed by atoms with Crippen LogP contribution in [0.25, 0.3) is 0 Å². The van der Waals surface area contributed by atoms with Gasteiger partial charge in [-0.05, 0) is 5.92 Å². The van der Waals surface area contributed by atoms with Gasteiger partial charge in [0.05, 0.1) is 6.61 Å². The van der Waals surface area contributed by atoms with Gasteiger partial charge in [-0.2, -0.15) is 0 Å². The molecular formula is C8H14O4. The third-order valence-electron chi connectivity index (χ3n) is 1.34. The average molecular weight is 174 g/mol. The Bertz CT molecular complexity index is 174. The fourth-order valence-electron chi connectivity index (χ4n) is 0.740. The highest BCUT2D eigenvalue weighted by Gasteiger charge is 2.22. The third kappa shape index (κ3) is 3.59. The molecule has 0 aromatic heterocycles. The summed E-state index contributed by atoms with van der Waals surface area (Å²) in [6.07, 6.45) is -1.42. The van der Waals surface area contributed by atoms with Crippen molar-refractivity contribution in [2.75, 3.05) is 6.61 Å². The van der Waals surface area contributed by atoms with Gasteiger partial charge in [0.15, 0.2) is 0 Å². The second-order valence-corrected chi connectivity index (χ2v) is 3.08. The van der Waals surface area contributed by atoms with Crippen molar-refractivity contribution < 1.29 is 19.8 Å². The second-order valence-electron chi connectivity index (χ2n) is 3.08. The van der Waals surface area contributed by atoms with E-state index in [0.29, 0.717) is 0 Å². The van der Waals surface area contributed by atoms with Gasteiger partial charge in [0.2, 0.25) is 11.6 Å². The molecule has 0 spiro atoms. The lowest BCUT2D eigenvalue weighted by molar-refractivity contribution is -0.143. The highest BCUT2D eigenvalue weighted by atomic mass is 16.3. The maximum absolute atomic E-state index is 10.9. The first kappa shape index (κ1) is 11.3. The van der Waals surface area contributed by atoms with Crippen molar-refractivity contribution in [3.63, 3.8) is 0 Å². The fourth-order valence-corrected chi connectivity index (χ4v) is 0.740.